The van der Waals surface area contributed by atoms with Crippen molar-refractivity contribution in [3.05, 3.63) is 0 Å². The van der Waals surface area contributed by atoms with E-state index in [4.69, 9.17) is 14.6 Å². The van der Waals surface area contributed by atoms with Gasteiger partial charge >= 0.3 is 11.9 Å². The molecule has 0 bridgehead atoms. The molecule has 0 aliphatic carbocycles. The predicted molar refractivity (Wildman–Crippen MR) is 70.0 cm³/mol. The van der Waals surface area contributed by atoms with Crippen molar-refractivity contribution in [3.63, 3.8) is 0 Å². The van der Waals surface area contributed by atoms with Gasteiger partial charge in [0.2, 0.25) is 5.91 Å². The Kier molecular flexibility index (Phi) is 11.0. The van der Waals surface area contributed by atoms with E-state index < -0.39 is 11.9 Å². The van der Waals surface area contributed by atoms with Gasteiger partial charge in [-0.25, -0.2) is 0 Å². The molecule has 0 unspecified atom stereocenters. The van der Waals surface area contributed by atoms with Gasteiger partial charge in [-0.15, -0.1) is 0 Å². The fourth-order valence-electron chi connectivity index (χ4n) is 1.04. The van der Waals surface area contributed by atoms with Crippen molar-refractivity contribution in [3.8, 4) is 0 Å². The lowest BCUT2D eigenvalue weighted by Gasteiger charge is -2.06. The van der Waals surface area contributed by atoms with Gasteiger partial charge in [0.25, 0.3) is 0 Å². The predicted octanol–water partition coefficient (Wildman–Crippen LogP) is -0.110. The Morgan fingerprint density at radius 1 is 1.16 bits per heavy atom. The van der Waals surface area contributed by atoms with Crippen LogP contribution in [0.15, 0.2) is 0 Å². The average molecular weight is 293 g/mol. The van der Waals surface area contributed by atoms with Crippen LogP contribution < -0.4 is 5.32 Å². The molecule has 0 fully saturated rings. The van der Waals surface area contributed by atoms with Gasteiger partial charge in [0.15, 0.2) is 0 Å². The van der Waals surface area contributed by atoms with E-state index >= 15 is 0 Å². The largest absolute Gasteiger partial charge is 0.481 e. The van der Waals surface area contributed by atoms with Gasteiger partial charge in [-0.1, -0.05) is 0 Å². The van der Waals surface area contributed by atoms with E-state index in [-0.39, 0.29) is 32.0 Å². The second kappa shape index (κ2) is 11.8. The zero-order chi connectivity index (χ0) is 14.5. The van der Waals surface area contributed by atoms with E-state index in [9.17, 15) is 14.4 Å². The van der Waals surface area contributed by atoms with E-state index in [0.717, 1.165) is 0 Å². The zero-order valence-corrected chi connectivity index (χ0v) is 11.7. The normalized spacial score (nSPS) is 9.95. The van der Waals surface area contributed by atoms with Crippen molar-refractivity contribution >= 4 is 29.6 Å². The second-order valence-corrected chi connectivity index (χ2v) is 4.38. The van der Waals surface area contributed by atoms with Crippen LogP contribution in [0.4, 0.5) is 0 Å². The maximum absolute atomic E-state index is 11.0. The van der Waals surface area contributed by atoms with E-state index in [1.165, 1.54) is 11.8 Å². The molecule has 0 saturated carbocycles. The molecule has 110 valence electrons. The molecular weight excluding hydrogens is 274 g/mol. The molecule has 0 heterocycles. The third kappa shape index (κ3) is 13.0. The van der Waals surface area contributed by atoms with Crippen LogP contribution in [0.25, 0.3) is 0 Å². The first-order valence-corrected chi connectivity index (χ1v) is 7.16. The van der Waals surface area contributed by atoms with Crippen molar-refractivity contribution < 1.29 is 29.0 Å². The summed E-state index contributed by atoms with van der Waals surface area (Å²) < 4.78 is 9.86. The van der Waals surface area contributed by atoms with Gasteiger partial charge in [-0.05, 0) is 6.26 Å². The van der Waals surface area contributed by atoms with E-state index in [2.05, 4.69) is 5.32 Å². The van der Waals surface area contributed by atoms with Crippen LogP contribution in [0, 0.1) is 0 Å². The fourth-order valence-corrected chi connectivity index (χ4v) is 1.41. The third-order valence-electron chi connectivity index (χ3n) is 1.88. The highest BCUT2D eigenvalue weighted by molar-refractivity contribution is 7.99. The number of hydrogen-bond donors (Lipinski definition) is 2. The molecule has 7 nitrogen and oxygen atoms in total. The number of amides is 1. The molecule has 0 aromatic heterocycles. The first kappa shape index (κ1) is 17.7. The van der Waals surface area contributed by atoms with Crippen molar-refractivity contribution in [1.82, 2.24) is 5.32 Å². The highest BCUT2D eigenvalue weighted by Gasteiger charge is 2.06. The van der Waals surface area contributed by atoms with Gasteiger partial charge in [0.05, 0.1) is 31.8 Å². The molecule has 0 aromatic carbocycles. The Morgan fingerprint density at radius 3 is 2.53 bits per heavy atom. The molecule has 0 aliphatic rings. The number of carbonyl (C=O) groups is 3. The zero-order valence-electron chi connectivity index (χ0n) is 10.8. The number of carbonyl (C=O) groups excluding carboxylic acids is 2. The monoisotopic (exact) mass is 293 g/mol. The lowest BCUT2D eigenvalue weighted by atomic mass is 10.3. The summed E-state index contributed by atoms with van der Waals surface area (Å²) in [5.41, 5.74) is 0. The maximum atomic E-state index is 11.0. The molecule has 1 amide bonds. The number of carboxylic acids is 1. The van der Waals surface area contributed by atoms with E-state index in [0.29, 0.717) is 18.9 Å². The topological polar surface area (TPSA) is 102 Å². The minimum absolute atomic E-state index is 0.0452. The minimum atomic E-state index is -1.03. The molecule has 0 rings (SSSR count). The number of aliphatic carboxylic acids is 1. The third-order valence-corrected chi connectivity index (χ3v) is 2.43. The molecule has 8 heteroatoms. The Hall–Kier alpha value is -1.28. The first-order valence-electron chi connectivity index (χ1n) is 5.77. The Morgan fingerprint density at radius 2 is 1.89 bits per heavy atom. The van der Waals surface area contributed by atoms with Crippen molar-refractivity contribution in [1.29, 1.82) is 0 Å². The number of carboxylic acid groups (broad SMARTS) is 1. The van der Waals surface area contributed by atoms with Gasteiger partial charge in [0.1, 0.15) is 6.61 Å². The number of thioether (sulfide) groups is 1. The number of nitrogens with one attached hydrogen (secondary N) is 1. The Balaban J connectivity index is 3.29. The second-order valence-electron chi connectivity index (χ2n) is 3.51. The molecule has 0 spiro atoms. The van der Waals surface area contributed by atoms with Crippen LogP contribution in [0.5, 0.6) is 0 Å². The first-order chi connectivity index (χ1) is 9.06. The van der Waals surface area contributed by atoms with Crippen LogP contribution in [-0.2, 0) is 23.9 Å². The van der Waals surface area contributed by atoms with Crippen molar-refractivity contribution in [2.24, 2.45) is 0 Å². The maximum Gasteiger partial charge on any atom is 0.306 e. The summed E-state index contributed by atoms with van der Waals surface area (Å²) in [6.45, 7) is 1.05. The number of esters is 1. The molecule has 0 atom stereocenters. The molecular formula is C11H19NO6S. The van der Waals surface area contributed by atoms with Crippen molar-refractivity contribution in [2.75, 3.05) is 38.4 Å². The highest BCUT2D eigenvalue weighted by Crippen LogP contribution is 1.93. The summed E-state index contributed by atoms with van der Waals surface area (Å²) in [6, 6.07) is 0. The van der Waals surface area contributed by atoms with Crippen LogP contribution in [0.1, 0.15) is 12.8 Å². The highest BCUT2D eigenvalue weighted by atomic mass is 32.2. The standard InChI is InChI=1S/C11H19NO6S/c1-19-8-9(13)12-4-5-17-6-7-18-11(16)3-2-10(14)15/h2-8H2,1H3,(H,12,13)(H,14,15). The summed E-state index contributed by atoms with van der Waals surface area (Å²) in [5.74, 6) is -1.22. The van der Waals surface area contributed by atoms with Gasteiger partial charge in [0, 0.05) is 6.54 Å². The summed E-state index contributed by atoms with van der Waals surface area (Å²) in [4.78, 5) is 32.2. The Labute approximate surface area is 116 Å². The molecule has 2 N–H and O–H groups in total. The van der Waals surface area contributed by atoms with Crippen LogP contribution in [-0.4, -0.2) is 61.3 Å². The molecule has 0 aromatic rings. The molecule has 0 aliphatic heterocycles. The quantitative estimate of drug-likeness (QED) is 0.405. The summed E-state index contributed by atoms with van der Waals surface area (Å²) in [6.07, 6.45) is 1.47. The number of ether oxygens (including phenoxy) is 2. The van der Waals surface area contributed by atoms with Gasteiger partial charge in [-0.3, -0.25) is 14.4 Å². The molecule has 0 saturated heterocycles. The van der Waals surface area contributed by atoms with E-state index in [1.54, 1.807) is 0 Å². The van der Waals surface area contributed by atoms with Crippen LogP contribution in [0.3, 0.4) is 0 Å². The van der Waals surface area contributed by atoms with Gasteiger partial charge < -0.3 is 19.9 Å². The van der Waals surface area contributed by atoms with Crippen LogP contribution in [0.2, 0.25) is 0 Å². The number of hydrogen-bond acceptors (Lipinski definition) is 6. The molecule has 19 heavy (non-hydrogen) atoms. The van der Waals surface area contributed by atoms with E-state index in [1.807, 2.05) is 6.26 Å². The summed E-state index contributed by atoms with van der Waals surface area (Å²) in [7, 11) is 0. The summed E-state index contributed by atoms with van der Waals surface area (Å²) >= 11 is 1.44. The lowest BCUT2D eigenvalue weighted by molar-refractivity contribution is -0.148. The smallest absolute Gasteiger partial charge is 0.306 e. The van der Waals surface area contributed by atoms with Gasteiger partial charge in [-0.2, -0.15) is 11.8 Å². The fraction of sp³-hybridized carbons (Fsp3) is 0.727. The van der Waals surface area contributed by atoms with Crippen molar-refractivity contribution in [2.45, 2.75) is 12.8 Å². The Bertz CT molecular complexity index is 297. The SMILES string of the molecule is CSCC(=O)NCCOCCOC(=O)CCC(=O)O. The lowest BCUT2D eigenvalue weighted by Crippen LogP contribution is -2.29. The average Bonchev–Trinajstić information content (AvgIpc) is 2.35. The summed E-state index contributed by atoms with van der Waals surface area (Å²) in [5, 5.41) is 11.0. The number of rotatable bonds is 11. The minimum Gasteiger partial charge on any atom is -0.481 e. The van der Waals surface area contributed by atoms with Crippen LogP contribution >= 0.6 is 11.8 Å². The molecule has 0 radical (unpaired) electrons.